The maximum absolute atomic E-state index is 13.1. The molecule has 2 aromatic rings. The number of aliphatic hydroxyl groups excluding tert-OH is 1. The number of ether oxygens (including phenoxy) is 1. The third-order valence-electron chi connectivity index (χ3n) is 5.86. The van der Waals surface area contributed by atoms with Gasteiger partial charge in [-0.15, -0.1) is 0 Å². The van der Waals surface area contributed by atoms with Gasteiger partial charge in [-0.1, -0.05) is 36.6 Å². The second-order valence-electron chi connectivity index (χ2n) is 8.39. The molecule has 1 aliphatic heterocycles. The van der Waals surface area contributed by atoms with Crippen molar-refractivity contribution in [2.75, 3.05) is 0 Å². The summed E-state index contributed by atoms with van der Waals surface area (Å²) in [6.45, 7) is 3.88. The van der Waals surface area contributed by atoms with Crippen LogP contribution in [-0.4, -0.2) is 33.8 Å². The zero-order valence-corrected chi connectivity index (χ0v) is 18.4. The zero-order valence-electron chi connectivity index (χ0n) is 17.7. The van der Waals surface area contributed by atoms with Gasteiger partial charge in [0.1, 0.15) is 11.5 Å². The fourth-order valence-corrected chi connectivity index (χ4v) is 4.66. The lowest BCUT2D eigenvalue weighted by Crippen LogP contribution is -2.37. The molecule has 31 heavy (non-hydrogen) atoms. The minimum absolute atomic E-state index is 0.00879. The molecule has 2 aliphatic rings. The molecule has 0 bridgehead atoms. The van der Waals surface area contributed by atoms with Gasteiger partial charge in [0.15, 0.2) is 0 Å². The highest BCUT2D eigenvalue weighted by molar-refractivity contribution is 6.46. The number of hydrogen-bond acceptors (Lipinski definition) is 4. The van der Waals surface area contributed by atoms with Gasteiger partial charge < -0.3 is 14.7 Å². The fourth-order valence-electron chi connectivity index (χ4n) is 4.53. The second kappa shape index (κ2) is 8.75. The number of benzene rings is 2. The monoisotopic (exact) mass is 439 g/mol. The fraction of sp³-hybridized carbons (Fsp3) is 0.360. The van der Waals surface area contributed by atoms with Crippen molar-refractivity contribution in [3.8, 4) is 5.75 Å². The maximum atomic E-state index is 13.1. The summed E-state index contributed by atoms with van der Waals surface area (Å²) in [5, 5.41) is 11.6. The topological polar surface area (TPSA) is 66.8 Å². The van der Waals surface area contributed by atoms with E-state index in [4.69, 9.17) is 16.3 Å². The van der Waals surface area contributed by atoms with E-state index in [0.717, 1.165) is 31.2 Å². The van der Waals surface area contributed by atoms with E-state index in [1.807, 2.05) is 38.1 Å². The van der Waals surface area contributed by atoms with Gasteiger partial charge in [-0.3, -0.25) is 9.59 Å². The summed E-state index contributed by atoms with van der Waals surface area (Å²) in [6, 6.07) is 13.3. The Hall–Kier alpha value is -2.79. The van der Waals surface area contributed by atoms with Crippen LogP contribution in [0.4, 0.5) is 0 Å². The van der Waals surface area contributed by atoms with Crippen LogP contribution in [-0.2, 0) is 9.59 Å². The Labute approximate surface area is 187 Å². The lowest BCUT2D eigenvalue weighted by Gasteiger charge is -2.31. The van der Waals surface area contributed by atoms with Gasteiger partial charge in [0.2, 0.25) is 0 Å². The standard InChI is InChI=1S/C25H26ClNO4/c1-15(2)31-20-9-5-6-17(14-20)22-21(23(28)16-10-12-18(26)13-11-16)24(29)25(30)27(22)19-7-3-4-8-19/h5-6,9-15,19,22,28H,3-4,7-8H2,1-2H3/b23-21-. The summed E-state index contributed by atoms with van der Waals surface area (Å²) in [6.07, 6.45) is 3.74. The SMILES string of the molecule is CC(C)Oc1cccc(C2/C(=C(/O)c3ccc(Cl)cc3)C(=O)C(=O)N2C2CCCC2)c1. The van der Waals surface area contributed by atoms with Crippen molar-refractivity contribution in [1.29, 1.82) is 0 Å². The number of rotatable bonds is 5. The van der Waals surface area contributed by atoms with E-state index in [-0.39, 0.29) is 23.5 Å². The number of Topliss-reactive ketones (excluding diaryl/α,β-unsaturated/α-hetero) is 1. The summed E-state index contributed by atoms with van der Waals surface area (Å²) < 4.78 is 5.84. The maximum Gasteiger partial charge on any atom is 0.295 e. The molecule has 0 aromatic heterocycles. The number of ketones is 1. The number of halogens is 1. The molecular formula is C25H26ClNO4. The van der Waals surface area contributed by atoms with Crippen LogP contribution in [0.2, 0.25) is 5.02 Å². The van der Waals surface area contributed by atoms with Gasteiger partial charge in [-0.25, -0.2) is 0 Å². The Bertz CT molecular complexity index is 1020. The third kappa shape index (κ3) is 4.19. The lowest BCUT2D eigenvalue weighted by molar-refractivity contribution is -0.141. The van der Waals surface area contributed by atoms with Crippen molar-refractivity contribution < 1.29 is 19.4 Å². The van der Waals surface area contributed by atoms with Gasteiger partial charge in [0.05, 0.1) is 17.7 Å². The quantitative estimate of drug-likeness (QED) is 0.380. The predicted octanol–water partition coefficient (Wildman–Crippen LogP) is 5.49. The summed E-state index contributed by atoms with van der Waals surface area (Å²) in [5.74, 6) is -0.728. The third-order valence-corrected chi connectivity index (χ3v) is 6.11. The van der Waals surface area contributed by atoms with Crippen molar-refractivity contribution in [3.05, 3.63) is 70.3 Å². The first kappa shape index (κ1) is 21.4. The van der Waals surface area contributed by atoms with Crippen molar-refractivity contribution in [1.82, 2.24) is 4.90 Å². The highest BCUT2D eigenvalue weighted by Crippen LogP contribution is 2.44. The Morgan fingerprint density at radius 3 is 2.42 bits per heavy atom. The van der Waals surface area contributed by atoms with E-state index in [1.165, 1.54) is 0 Å². The molecular weight excluding hydrogens is 414 g/mol. The van der Waals surface area contributed by atoms with Gasteiger partial charge in [0, 0.05) is 16.6 Å². The van der Waals surface area contributed by atoms with Crippen molar-refractivity contribution >= 4 is 29.1 Å². The smallest absolute Gasteiger partial charge is 0.295 e. The molecule has 1 atom stereocenters. The molecule has 1 amide bonds. The molecule has 5 nitrogen and oxygen atoms in total. The number of likely N-dealkylation sites (tertiary alicyclic amines) is 1. The molecule has 1 unspecified atom stereocenters. The molecule has 4 rings (SSSR count). The lowest BCUT2D eigenvalue weighted by atomic mass is 9.94. The zero-order chi connectivity index (χ0) is 22.1. The molecule has 2 aromatic carbocycles. The van der Waals surface area contributed by atoms with Crippen LogP contribution in [0.15, 0.2) is 54.1 Å². The van der Waals surface area contributed by atoms with E-state index in [9.17, 15) is 14.7 Å². The average Bonchev–Trinajstić information content (AvgIpc) is 3.35. The van der Waals surface area contributed by atoms with Crippen molar-refractivity contribution in [2.24, 2.45) is 0 Å². The molecule has 0 spiro atoms. The summed E-state index contributed by atoms with van der Waals surface area (Å²) in [5.41, 5.74) is 1.31. The first-order valence-electron chi connectivity index (χ1n) is 10.7. The molecule has 1 saturated carbocycles. The first-order valence-corrected chi connectivity index (χ1v) is 11.1. The molecule has 1 aliphatic carbocycles. The van der Waals surface area contributed by atoms with E-state index < -0.39 is 17.7 Å². The molecule has 1 heterocycles. The molecule has 162 valence electrons. The number of nitrogens with zero attached hydrogens (tertiary/aromatic N) is 1. The minimum atomic E-state index is -0.658. The number of aliphatic hydroxyl groups is 1. The molecule has 2 fully saturated rings. The largest absolute Gasteiger partial charge is 0.507 e. The number of amides is 1. The summed E-state index contributed by atoms with van der Waals surface area (Å²) >= 11 is 5.98. The minimum Gasteiger partial charge on any atom is -0.507 e. The molecule has 6 heteroatoms. The van der Waals surface area contributed by atoms with Crippen molar-refractivity contribution in [3.63, 3.8) is 0 Å². The Morgan fingerprint density at radius 2 is 1.77 bits per heavy atom. The predicted molar refractivity (Wildman–Crippen MR) is 120 cm³/mol. The van der Waals surface area contributed by atoms with E-state index in [0.29, 0.717) is 16.3 Å². The first-order chi connectivity index (χ1) is 14.9. The van der Waals surface area contributed by atoms with Gasteiger partial charge in [0.25, 0.3) is 11.7 Å². The highest BCUT2D eigenvalue weighted by Gasteiger charge is 2.49. The highest BCUT2D eigenvalue weighted by atomic mass is 35.5. The second-order valence-corrected chi connectivity index (χ2v) is 8.83. The van der Waals surface area contributed by atoms with Gasteiger partial charge >= 0.3 is 0 Å². The Balaban J connectivity index is 1.86. The van der Waals surface area contributed by atoms with Crippen LogP contribution in [0.1, 0.15) is 56.7 Å². The van der Waals surface area contributed by atoms with E-state index in [1.54, 1.807) is 29.2 Å². The van der Waals surface area contributed by atoms with Crippen molar-refractivity contribution in [2.45, 2.75) is 57.7 Å². The van der Waals surface area contributed by atoms with Gasteiger partial charge in [-0.05, 0) is 68.7 Å². The average molecular weight is 440 g/mol. The summed E-state index contributed by atoms with van der Waals surface area (Å²) in [4.78, 5) is 27.9. The van der Waals surface area contributed by atoms with Crippen LogP contribution in [0, 0.1) is 0 Å². The van der Waals surface area contributed by atoms with Crippen LogP contribution in [0.25, 0.3) is 5.76 Å². The summed E-state index contributed by atoms with van der Waals surface area (Å²) in [7, 11) is 0. The van der Waals surface area contributed by atoms with Crippen LogP contribution >= 0.6 is 11.6 Å². The van der Waals surface area contributed by atoms with E-state index in [2.05, 4.69) is 0 Å². The van der Waals surface area contributed by atoms with Crippen LogP contribution in [0.3, 0.4) is 0 Å². The number of carbonyl (C=O) groups is 2. The number of carbonyl (C=O) groups excluding carboxylic acids is 2. The Kier molecular flexibility index (Phi) is 6.05. The number of hydrogen-bond donors (Lipinski definition) is 1. The van der Waals surface area contributed by atoms with Gasteiger partial charge in [-0.2, -0.15) is 0 Å². The normalized spacial score (nSPS) is 21.3. The van der Waals surface area contributed by atoms with Crippen LogP contribution < -0.4 is 4.74 Å². The molecule has 1 saturated heterocycles. The van der Waals surface area contributed by atoms with Crippen LogP contribution in [0.5, 0.6) is 5.75 Å². The molecule has 1 N–H and O–H groups in total. The van der Waals surface area contributed by atoms with E-state index >= 15 is 0 Å². The Morgan fingerprint density at radius 1 is 1.10 bits per heavy atom. The molecule has 0 radical (unpaired) electrons.